The average Bonchev–Trinajstić information content (AvgIpc) is 2.22. The van der Waals surface area contributed by atoms with Gasteiger partial charge in [0.1, 0.15) is 5.15 Å². The van der Waals surface area contributed by atoms with E-state index in [-0.39, 0.29) is 0 Å². The van der Waals surface area contributed by atoms with Crippen molar-refractivity contribution in [2.75, 3.05) is 5.32 Å². The maximum Gasteiger partial charge on any atom is 0.143 e. The molecule has 0 aromatic carbocycles. The van der Waals surface area contributed by atoms with Gasteiger partial charge >= 0.3 is 0 Å². The molecule has 1 fully saturated rings. The molecule has 2 unspecified atom stereocenters. The van der Waals surface area contributed by atoms with Gasteiger partial charge in [0.05, 0.1) is 28.6 Å². The lowest BCUT2D eigenvalue weighted by atomic mass is 10.00. The van der Waals surface area contributed by atoms with Crippen LogP contribution in [0.1, 0.15) is 26.7 Å². The monoisotopic (exact) mass is 318 g/mol. The topological polar surface area (TPSA) is 34.2 Å². The molecule has 2 atom stereocenters. The van der Waals surface area contributed by atoms with Gasteiger partial charge in [0, 0.05) is 6.04 Å². The summed E-state index contributed by atoms with van der Waals surface area (Å²) in [6.45, 7) is 4.22. The Hall–Kier alpha value is -0.320. The summed E-state index contributed by atoms with van der Waals surface area (Å²) in [7, 11) is 0. The third-order valence-corrected chi connectivity index (χ3v) is 4.00. The number of nitrogens with zero attached hydrogens (tertiary/aromatic N) is 1. The molecule has 2 rings (SSSR count). The normalized spacial score (nSPS) is 29.1. The molecule has 0 bridgehead atoms. The zero-order valence-corrected chi connectivity index (χ0v) is 12.3. The van der Waals surface area contributed by atoms with Crippen LogP contribution in [0, 0.1) is 0 Å². The van der Waals surface area contributed by atoms with Gasteiger partial charge in [0.2, 0.25) is 0 Å². The molecule has 0 aliphatic carbocycles. The lowest BCUT2D eigenvalue weighted by molar-refractivity contribution is -0.0337. The van der Waals surface area contributed by atoms with E-state index in [0.717, 1.165) is 23.0 Å². The fourth-order valence-electron chi connectivity index (χ4n) is 2.26. The number of hydrogen-bond acceptors (Lipinski definition) is 3. The third-order valence-electron chi connectivity index (χ3n) is 2.86. The Morgan fingerprint density at radius 3 is 2.65 bits per heavy atom. The largest absolute Gasteiger partial charge is 0.381 e. The molecule has 5 heteroatoms. The number of halogens is 2. The number of rotatable bonds is 2. The van der Waals surface area contributed by atoms with E-state index in [1.807, 2.05) is 6.07 Å². The molecule has 1 aliphatic heterocycles. The van der Waals surface area contributed by atoms with Crippen molar-refractivity contribution in [3.8, 4) is 0 Å². The molecule has 1 saturated heterocycles. The van der Waals surface area contributed by atoms with E-state index in [4.69, 9.17) is 16.3 Å². The molecule has 2 heterocycles. The van der Waals surface area contributed by atoms with E-state index in [0.29, 0.717) is 23.4 Å². The molecule has 1 aromatic heterocycles. The standard InChI is InChI=1S/C12H16BrClN2O/c1-7-3-9(4-8(2)17-7)16-10-5-11(13)12(14)15-6-10/h5-9,16H,3-4H2,1-2H3. The van der Waals surface area contributed by atoms with Crippen molar-refractivity contribution in [3.63, 3.8) is 0 Å². The molecule has 1 N–H and O–H groups in total. The smallest absolute Gasteiger partial charge is 0.143 e. The van der Waals surface area contributed by atoms with E-state index < -0.39 is 0 Å². The number of hydrogen-bond donors (Lipinski definition) is 1. The Morgan fingerprint density at radius 1 is 1.41 bits per heavy atom. The number of nitrogens with one attached hydrogen (secondary N) is 1. The number of aromatic nitrogens is 1. The summed E-state index contributed by atoms with van der Waals surface area (Å²) in [5, 5.41) is 3.97. The van der Waals surface area contributed by atoms with Gasteiger partial charge in [-0.25, -0.2) is 4.98 Å². The van der Waals surface area contributed by atoms with Crippen LogP contribution in [0.15, 0.2) is 16.7 Å². The molecule has 17 heavy (non-hydrogen) atoms. The van der Waals surface area contributed by atoms with Crippen LogP contribution in [0.5, 0.6) is 0 Å². The maximum atomic E-state index is 5.86. The Labute approximate surface area is 115 Å². The Balaban J connectivity index is 2.02. The minimum atomic E-state index is 0.306. The van der Waals surface area contributed by atoms with E-state index >= 15 is 0 Å². The molecule has 0 amide bonds. The SMILES string of the molecule is CC1CC(Nc2cnc(Cl)c(Br)c2)CC(C)O1. The molecule has 1 aromatic rings. The highest BCUT2D eigenvalue weighted by molar-refractivity contribution is 9.10. The molecule has 1 aliphatic rings. The van der Waals surface area contributed by atoms with Crippen molar-refractivity contribution in [2.24, 2.45) is 0 Å². The lowest BCUT2D eigenvalue weighted by Gasteiger charge is -2.33. The minimum absolute atomic E-state index is 0.306. The highest BCUT2D eigenvalue weighted by Crippen LogP contribution is 2.26. The molecule has 0 spiro atoms. The fourth-order valence-corrected chi connectivity index (χ4v) is 2.71. The van der Waals surface area contributed by atoms with Crippen molar-refractivity contribution in [1.82, 2.24) is 4.98 Å². The van der Waals surface area contributed by atoms with Crippen LogP contribution in [0.25, 0.3) is 0 Å². The van der Waals surface area contributed by atoms with Gasteiger partial charge in [-0.05, 0) is 48.7 Å². The Kier molecular flexibility index (Phi) is 4.28. The quantitative estimate of drug-likeness (QED) is 0.840. The highest BCUT2D eigenvalue weighted by atomic mass is 79.9. The van der Waals surface area contributed by atoms with Gasteiger partial charge in [-0.15, -0.1) is 0 Å². The average molecular weight is 320 g/mol. The van der Waals surface area contributed by atoms with Gasteiger partial charge in [-0.3, -0.25) is 0 Å². The van der Waals surface area contributed by atoms with Gasteiger partial charge in [0.25, 0.3) is 0 Å². The zero-order valence-electron chi connectivity index (χ0n) is 9.91. The summed E-state index contributed by atoms with van der Waals surface area (Å²) >= 11 is 9.24. The number of pyridine rings is 1. The van der Waals surface area contributed by atoms with Crippen LogP contribution in [0.4, 0.5) is 5.69 Å². The van der Waals surface area contributed by atoms with Gasteiger partial charge in [0.15, 0.2) is 0 Å². The van der Waals surface area contributed by atoms with Crippen LogP contribution >= 0.6 is 27.5 Å². The van der Waals surface area contributed by atoms with Crippen molar-refractivity contribution >= 4 is 33.2 Å². The van der Waals surface area contributed by atoms with Crippen LogP contribution < -0.4 is 5.32 Å². The third kappa shape index (κ3) is 3.57. The predicted molar refractivity (Wildman–Crippen MR) is 73.6 cm³/mol. The van der Waals surface area contributed by atoms with Crippen LogP contribution in [-0.4, -0.2) is 23.2 Å². The van der Waals surface area contributed by atoms with Crippen LogP contribution in [0.3, 0.4) is 0 Å². The molecule has 94 valence electrons. The predicted octanol–water partition coefficient (Wildman–Crippen LogP) is 3.87. The van der Waals surface area contributed by atoms with Crippen molar-refractivity contribution in [2.45, 2.75) is 44.9 Å². The van der Waals surface area contributed by atoms with Crippen molar-refractivity contribution in [1.29, 1.82) is 0 Å². The molecule has 0 radical (unpaired) electrons. The molecular weight excluding hydrogens is 304 g/mol. The first kappa shape index (κ1) is 13.1. The summed E-state index contributed by atoms with van der Waals surface area (Å²) in [5.41, 5.74) is 0.993. The minimum Gasteiger partial charge on any atom is -0.381 e. The molecule has 0 saturated carbocycles. The first-order valence-electron chi connectivity index (χ1n) is 5.77. The van der Waals surface area contributed by atoms with Gasteiger partial charge in [-0.2, -0.15) is 0 Å². The van der Waals surface area contributed by atoms with Gasteiger partial charge < -0.3 is 10.1 Å². The summed E-state index contributed by atoms with van der Waals surface area (Å²) in [6, 6.07) is 2.39. The van der Waals surface area contributed by atoms with E-state index in [1.165, 1.54) is 0 Å². The van der Waals surface area contributed by atoms with Crippen molar-refractivity contribution < 1.29 is 4.74 Å². The summed E-state index contributed by atoms with van der Waals surface area (Å²) in [6.07, 6.45) is 4.41. The van der Waals surface area contributed by atoms with Crippen LogP contribution in [0.2, 0.25) is 5.15 Å². The maximum absolute atomic E-state index is 5.86. The van der Waals surface area contributed by atoms with E-state index in [2.05, 4.69) is 40.1 Å². The number of ether oxygens (including phenoxy) is 1. The van der Waals surface area contributed by atoms with Gasteiger partial charge in [-0.1, -0.05) is 11.6 Å². The Bertz CT molecular complexity index is 392. The van der Waals surface area contributed by atoms with E-state index in [9.17, 15) is 0 Å². The fraction of sp³-hybridized carbons (Fsp3) is 0.583. The first-order chi connectivity index (χ1) is 8.04. The second kappa shape index (κ2) is 5.55. The number of anilines is 1. The second-order valence-corrected chi connectivity index (χ2v) is 5.78. The summed E-state index contributed by atoms with van der Waals surface area (Å²) in [5.74, 6) is 0. The molecular formula is C12H16BrClN2O. The first-order valence-corrected chi connectivity index (χ1v) is 6.94. The summed E-state index contributed by atoms with van der Waals surface area (Å²) in [4.78, 5) is 4.11. The summed E-state index contributed by atoms with van der Waals surface area (Å²) < 4.78 is 6.53. The molecule has 3 nitrogen and oxygen atoms in total. The highest BCUT2D eigenvalue weighted by Gasteiger charge is 2.24. The van der Waals surface area contributed by atoms with E-state index in [1.54, 1.807) is 6.20 Å². The lowest BCUT2D eigenvalue weighted by Crippen LogP contribution is -2.36. The van der Waals surface area contributed by atoms with Crippen molar-refractivity contribution in [3.05, 3.63) is 21.9 Å². The van der Waals surface area contributed by atoms with Crippen LogP contribution in [-0.2, 0) is 4.74 Å². The second-order valence-electron chi connectivity index (χ2n) is 4.57. The zero-order chi connectivity index (χ0) is 12.4. The Morgan fingerprint density at radius 2 is 2.06 bits per heavy atom.